The molecule has 0 saturated carbocycles. The van der Waals surface area contributed by atoms with Crippen molar-refractivity contribution < 1.29 is 23.0 Å². The lowest BCUT2D eigenvalue weighted by atomic mass is 10.1. The molecule has 3 N–H and O–H groups in total. The fourth-order valence-corrected chi connectivity index (χ4v) is 5.80. The molecule has 2 fully saturated rings. The number of piperazine rings is 1. The maximum atomic E-state index is 12.9. The zero-order valence-corrected chi connectivity index (χ0v) is 18.8. The number of hydrogen-bond donors (Lipinski definition) is 3. The number of nitrogens with one attached hydrogen (secondary N) is 3. The lowest BCUT2D eigenvalue weighted by Gasteiger charge is -2.32. The van der Waals surface area contributed by atoms with E-state index in [9.17, 15) is 13.2 Å². The lowest BCUT2D eigenvalue weighted by molar-refractivity contribution is -0.903. The number of carbonyl (C=O) groups excluding carboxylic acids is 1. The van der Waals surface area contributed by atoms with Gasteiger partial charge in [0.15, 0.2) is 6.54 Å². The van der Waals surface area contributed by atoms with Gasteiger partial charge in [-0.05, 0) is 44.0 Å². The highest BCUT2D eigenvalue weighted by Crippen LogP contribution is 2.19. The van der Waals surface area contributed by atoms with E-state index in [0.29, 0.717) is 43.7 Å². The molecule has 7 nitrogen and oxygen atoms in total. The maximum Gasteiger partial charge on any atom is 0.275 e. The molecule has 0 unspecified atom stereocenters. The van der Waals surface area contributed by atoms with Crippen molar-refractivity contribution >= 4 is 15.9 Å². The van der Waals surface area contributed by atoms with Crippen LogP contribution in [0, 0.1) is 13.8 Å². The van der Waals surface area contributed by atoms with Gasteiger partial charge in [0.2, 0.25) is 10.0 Å². The first-order valence-electron chi connectivity index (χ1n) is 10.8. The van der Waals surface area contributed by atoms with E-state index < -0.39 is 10.0 Å². The molecule has 1 aromatic rings. The summed E-state index contributed by atoms with van der Waals surface area (Å²) in [5, 5.41) is 3.18. The Morgan fingerprint density at radius 2 is 1.72 bits per heavy atom. The van der Waals surface area contributed by atoms with Gasteiger partial charge in [-0.1, -0.05) is 6.07 Å². The van der Waals surface area contributed by atoms with Gasteiger partial charge in [0.05, 0.1) is 50.7 Å². The first kappa shape index (κ1) is 22.2. The van der Waals surface area contributed by atoms with Crippen LogP contribution in [-0.4, -0.2) is 77.0 Å². The van der Waals surface area contributed by atoms with Gasteiger partial charge in [0.25, 0.3) is 5.91 Å². The topological polar surface area (TPSA) is 75.4 Å². The molecule has 2 heterocycles. The molecule has 1 aromatic carbocycles. The van der Waals surface area contributed by atoms with Crippen LogP contribution in [0.5, 0.6) is 0 Å². The van der Waals surface area contributed by atoms with Crippen LogP contribution in [0.4, 0.5) is 0 Å². The third-order valence-corrected chi connectivity index (χ3v) is 8.41. The second-order valence-corrected chi connectivity index (χ2v) is 10.5. The van der Waals surface area contributed by atoms with E-state index in [-0.39, 0.29) is 5.91 Å². The summed E-state index contributed by atoms with van der Waals surface area (Å²) >= 11 is 0. The maximum absolute atomic E-state index is 12.9. The Morgan fingerprint density at radius 1 is 1.07 bits per heavy atom. The zero-order valence-electron chi connectivity index (χ0n) is 18.0. The summed E-state index contributed by atoms with van der Waals surface area (Å²) in [5.74, 6) is 0.0930. The molecule has 3 rings (SSSR count). The van der Waals surface area contributed by atoms with E-state index in [1.165, 1.54) is 0 Å². The number of benzene rings is 1. The number of likely N-dealkylation sites (tertiary alicyclic amines) is 1. The standard InChI is InChI=1S/C21H34N4O3S/c1-4-23-9-7-19(8-10-23)22-21(26)16-24-11-13-25(14-12-24)29(27,28)20-6-5-17(2)18(3)15-20/h5-6,15,19H,4,7-14,16H2,1-3H3,(H,22,26)/p+2. The molecule has 0 aromatic heterocycles. The summed E-state index contributed by atoms with van der Waals surface area (Å²) in [6.07, 6.45) is 2.10. The van der Waals surface area contributed by atoms with Crippen molar-refractivity contribution in [1.82, 2.24) is 9.62 Å². The van der Waals surface area contributed by atoms with E-state index >= 15 is 0 Å². The third-order valence-electron chi connectivity index (χ3n) is 6.51. The van der Waals surface area contributed by atoms with Gasteiger partial charge in [0, 0.05) is 18.9 Å². The molecule has 2 saturated heterocycles. The van der Waals surface area contributed by atoms with Crippen LogP contribution in [0.1, 0.15) is 30.9 Å². The van der Waals surface area contributed by atoms with Gasteiger partial charge in [-0.2, -0.15) is 4.31 Å². The number of quaternary nitrogens is 2. The molecular formula is C21H36N4O3S+2. The van der Waals surface area contributed by atoms with Gasteiger partial charge in [0.1, 0.15) is 0 Å². The minimum atomic E-state index is -3.47. The SMILES string of the molecule is CC[NH+]1CCC(NC(=O)C[NH+]2CCN(S(=O)(=O)c3ccc(C)c(C)c3)CC2)CC1. The van der Waals surface area contributed by atoms with E-state index in [0.717, 1.165) is 48.5 Å². The molecule has 0 aliphatic carbocycles. The quantitative estimate of drug-likeness (QED) is 0.514. The van der Waals surface area contributed by atoms with E-state index in [1.54, 1.807) is 21.3 Å². The van der Waals surface area contributed by atoms with Crippen LogP contribution in [0.3, 0.4) is 0 Å². The number of aryl methyl sites for hydroxylation is 2. The van der Waals surface area contributed by atoms with Crippen molar-refractivity contribution in [2.75, 3.05) is 52.4 Å². The number of amides is 1. The van der Waals surface area contributed by atoms with Gasteiger partial charge >= 0.3 is 0 Å². The van der Waals surface area contributed by atoms with Crippen molar-refractivity contribution in [3.8, 4) is 0 Å². The molecule has 0 radical (unpaired) electrons. The van der Waals surface area contributed by atoms with E-state index in [4.69, 9.17) is 0 Å². The van der Waals surface area contributed by atoms with Crippen LogP contribution < -0.4 is 15.1 Å². The Morgan fingerprint density at radius 3 is 2.31 bits per heavy atom. The first-order chi connectivity index (χ1) is 13.8. The van der Waals surface area contributed by atoms with Crippen molar-refractivity contribution in [1.29, 1.82) is 0 Å². The summed E-state index contributed by atoms with van der Waals surface area (Å²) in [6, 6.07) is 5.60. The second kappa shape index (κ2) is 9.55. The largest absolute Gasteiger partial charge is 0.348 e. The second-order valence-electron chi connectivity index (χ2n) is 8.52. The molecule has 0 spiro atoms. The average molecular weight is 425 g/mol. The number of carbonyl (C=O) groups is 1. The Labute approximate surface area is 175 Å². The fourth-order valence-electron chi connectivity index (χ4n) is 4.27. The molecule has 2 aliphatic rings. The monoisotopic (exact) mass is 424 g/mol. The lowest BCUT2D eigenvalue weighted by Crippen LogP contribution is -3.16. The van der Waals surface area contributed by atoms with E-state index in [2.05, 4.69) is 12.2 Å². The highest BCUT2D eigenvalue weighted by atomic mass is 32.2. The normalized spacial score (nSPS) is 24.4. The van der Waals surface area contributed by atoms with Crippen LogP contribution in [-0.2, 0) is 14.8 Å². The zero-order chi connectivity index (χ0) is 21.0. The smallest absolute Gasteiger partial charge is 0.275 e. The summed E-state index contributed by atoms with van der Waals surface area (Å²) in [7, 11) is -3.47. The van der Waals surface area contributed by atoms with Crippen molar-refractivity contribution in [3.63, 3.8) is 0 Å². The van der Waals surface area contributed by atoms with Crippen LogP contribution in [0.2, 0.25) is 0 Å². The minimum absolute atomic E-state index is 0.0930. The first-order valence-corrected chi connectivity index (χ1v) is 12.3. The molecular weight excluding hydrogens is 388 g/mol. The van der Waals surface area contributed by atoms with Crippen molar-refractivity contribution in [3.05, 3.63) is 29.3 Å². The Balaban J connectivity index is 1.47. The predicted octanol–water partition coefficient (Wildman–Crippen LogP) is -1.62. The number of sulfonamides is 1. The van der Waals surface area contributed by atoms with Gasteiger partial charge < -0.3 is 15.1 Å². The van der Waals surface area contributed by atoms with E-state index in [1.807, 2.05) is 19.9 Å². The van der Waals surface area contributed by atoms with Crippen LogP contribution >= 0.6 is 0 Å². The predicted molar refractivity (Wildman–Crippen MR) is 113 cm³/mol. The number of rotatable bonds is 6. The average Bonchev–Trinajstić information content (AvgIpc) is 2.71. The molecule has 29 heavy (non-hydrogen) atoms. The van der Waals surface area contributed by atoms with Crippen molar-refractivity contribution in [2.24, 2.45) is 0 Å². The summed E-state index contributed by atoms with van der Waals surface area (Å²) < 4.78 is 27.4. The molecule has 162 valence electrons. The third kappa shape index (κ3) is 5.57. The number of hydrogen-bond acceptors (Lipinski definition) is 3. The minimum Gasteiger partial charge on any atom is -0.348 e. The molecule has 2 aliphatic heterocycles. The number of piperidine rings is 1. The van der Waals surface area contributed by atoms with Crippen molar-refractivity contribution in [2.45, 2.75) is 44.6 Å². The Hall–Kier alpha value is -1.48. The summed E-state index contributed by atoms with van der Waals surface area (Å²) in [5.41, 5.74) is 2.07. The van der Waals surface area contributed by atoms with Gasteiger partial charge in [-0.15, -0.1) is 0 Å². The summed E-state index contributed by atoms with van der Waals surface area (Å²) in [6.45, 7) is 12.2. The summed E-state index contributed by atoms with van der Waals surface area (Å²) in [4.78, 5) is 15.6. The molecule has 1 amide bonds. The van der Waals surface area contributed by atoms with Gasteiger partial charge in [-0.3, -0.25) is 4.79 Å². The van der Waals surface area contributed by atoms with Gasteiger partial charge in [-0.25, -0.2) is 8.42 Å². The van der Waals surface area contributed by atoms with Crippen LogP contribution in [0.15, 0.2) is 23.1 Å². The number of nitrogens with zero attached hydrogens (tertiary/aromatic N) is 1. The fraction of sp³-hybridized carbons (Fsp3) is 0.667. The molecule has 8 heteroatoms. The highest BCUT2D eigenvalue weighted by molar-refractivity contribution is 7.89. The van der Waals surface area contributed by atoms with Crippen LogP contribution in [0.25, 0.3) is 0 Å². The molecule has 0 atom stereocenters. The Kier molecular flexibility index (Phi) is 7.32. The molecule has 0 bridgehead atoms. The highest BCUT2D eigenvalue weighted by Gasteiger charge is 2.32. The Bertz CT molecular complexity index is 811.